The van der Waals surface area contributed by atoms with E-state index in [2.05, 4.69) is 4.98 Å². The van der Waals surface area contributed by atoms with Gasteiger partial charge in [-0.15, -0.1) is 0 Å². The first kappa shape index (κ1) is 5.03. The van der Waals surface area contributed by atoms with Crippen molar-refractivity contribution in [1.82, 2.24) is 4.98 Å². The van der Waals surface area contributed by atoms with E-state index < -0.39 is 0 Å². The SMILES string of the molecule is Cc1cnc(C2CC2)o1. The van der Waals surface area contributed by atoms with Crippen LogP contribution < -0.4 is 0 Å². The predicted octanol–water partition coefficient (Wildman–Crippen LogP) is 1.86. The fourth-order valence-corrected chi connectivity index (χ4v) is 0.891. The van der Waals surface area contributed by atoms with Crippen LogP contribution in [0.15, 0.2) is 10.6 Å². The molecule has 0 amide bonds. The average Bonchev–Trinajstić information content (AvgIpc) is 2.58. The second-order valence-electron chi connectivity index (χ2n) is 2.58. The molecule has 1 aromatic heterocycles. The van der Waals surface area contributed by atoms with Crippen LogP contribution in [0.3, 0.4) is 0 Å². The number of oxazole rings is 1. The molecule has 0 unspecified atom stereocenters. The summed E-state index contributed by atoms with van der Waals surface area (Å²) in [6, 6.07) is 0. The summed E-state index contributed by atoms with van der Waals surface area (Å²) in [6.07, 6.45) is 4.31. The van der Waals surface area contributed by atoms with Gasteiger partial charge >= 0.3 is 0 Å². The number of hydrogen-bond donors (Lipinski definition) is 0. The van der Waals surface area contributed by atoms with Gasteiger partial charge in [-0.25, -0.2) is 4.98 Å². The molecule has 1 fully saturated rings. The average molecular weight is 123 g/mol. The van der Waals surface area contributed by atoms with Crippen molar-refractivity contribution in [2.45, 2.75) is 25.7 Å². The molecule has 1 aliphatic carbocycles. The van der Waals surface area contributed by atoms with E-state index in [1.54, 1.807) is 6.20 Å². The van der Waals surface area contributed by atoms with Crippen LogP contribution >= 0.6 is 0 Å². The molecular weight excluding hydrogens is 114 g/mol. The summed E-state index contributed by atoms with van der Waals surface area (Å²) >= 11 is 0. The van der Waals surface area contributed by atoms with Crippen molar-refractivity contribution in [1.29, 1.82) is 0 Å². The van der Waals surface area contributed by atoms with Gasteiger partial charge in [0.2, 0.25) is 0 Å². The lowest BCUT2D eigenvalue weighted by Crippen LogP contribution is -1.73. The van der Waals surface area contributed by atoms with Crippen molar-refractivity contribution in [3.05, 3.63) is 17.8 Å². The van der Waals surface area contributed by atoms with E-state index in [4.69, 9.17) is 4.42 Å². The van der Waals surface area contributed by atoms with Gasteiger partial charge in [0.25, 0.3) is 0 Å². The van der Waals surface area contributed by atoms with Gasteiger partial charge in [0, 0.05) is 5.92 Å². The molecule has 0 aromatic carbocycles. The first-order chi connectivity index (χ1) is 4.36. The highest BCUT2D eigenvalue weighted by Crippen LogP contribution is 2.39. The molecule has 0 radical (unpaired) electrons. The molecule has 1 aliphatic rings. The minimum atomic E-state index is 0.652. The van der Waals surface area contributed by atoms with Crippen LogP contribution in [0.1, 0.15) is 30.4 Å². The quantitative estimate of drug-likeness (QED) is 0.569. The normalized spacial score (nSPS) is 18.3. The zero-order valence-electron chi connectivity index (χ0n) is 5.42. The molecular formula is C7H9NO. The molecule has 0 bridgehead atoms. The number of rotatable bonds is 1. The Bertz CT molecular complexity index is 212. The van der Waals surface area contributed by atoms with Gasteiger partial charge in [0.05, 0.1) is 6.20 Å². The fourth-order valence-electron chi connectivity index (χ4n) is 0.891. The Labute approximate surface area is 53.9 Å². The van der Waals surface area contributed by atoms with Crippen molar-refractivity contribution in [2.24, 2.45) is 0 Å². The van der Waals surface area contributed by atoms with Gasteiger partial charge in [-0.3, -0.25) is 0 Å². The summed E-state index contributed by atoms with van der Waals surface area (Å²) in [4.78, 5) is 4.11. The van der Waals surface area contributed by atoms with Crippen LogP contribution in [0, 0.1) is 6.92 Å². The van der Waals surface area contributed by atoms with E-state index in [0.717, 1.165) is 11.7 Å². The van der Waals surface area contributed by atoms with Crippen LogP contribution in [0.25, 0.3) is 0 Å². The Morgan fingerprint density at radius 2 is 2.44 bits per heavy atom. The van der Waals surface area contributed by atoms with E-state index in [0.29, 0.717) is 5.92 Å². The highest BCUT2D eigenvalue weighted by Gasteiger charge is 2.27. The lowest BCUT2D eigenvalue weighted by molar-refractivity contribution is 0.473. The zero-order chi connectivity index (χ0) is 6.27. The number of nitrogens with zero attached hydrogens (tertiary/aromatic N) is 1. The highest BCUT2D eigenvalue weighted by molar-refractivity contribution is 5.03. The highest BCUT2D eigenvalue weighted by atomic mass is 16.4. The summed E-state index contributed by atoms with van der Waals surface area (Å²) in [5.74, 6) is 2.52. The maximum absolute atomic E-state index is 5.30. The van der Waals surface area contributed by atoms with Crippen molar-refractivity contribution in [2.75, 3.05) is 0 Å². The Balaban J connectivity index is 2.28. The molecule has 2 heteroatoms. The van der Waals surface area contributed by atoms with Crippen LogP contribution in [-0.4, -0.2) is 4.98 Å². The van der Waals surface area contributed by atoms with E-state index in [9.17, 15) is 0 Å². The van der Waals surface area contributed by atoms with Gasteiger partial charge in [0.15, 0.2) is 5.89 Å². The molecule has 0 saturated heterocycles. The molecule has 0 atom stereocenters. The fraction of sp³-hybridized carbons (Fsp3) is 0.571. The molecule has 0 aliphatic heterocycles. The van der Waals surface area contributed by atoms with Crippen molar-refractivity contribution >= 4 is 0 Å². The second kappa shape index (κ2) is 1.59. The lowest BCUT2D eigenvalue weighted by Gasteiger charge is -1.83. The second-order valence-corrected chi connectivity index (χ2v) is 2.58. The summed E-state index contributed by atoms with van der Waals surface area (Å²) in [7, 11) is 0. The Kier molecular flexibility index (Phi) is 0.891. The van der Waals surface area contributed by atoms with Crippen molar-refractivity contribution in [3.63, 3.8) is 0 Å². The van der Waals surface area contributed by atoms with Gasteiger partial charge in [-0.1, -0.05) is 0 Å². The van der Waals surface area contributed by atoms with E-state index in [1.165, 1.54) is 12.8 Å². The minimum absolute atomic E-state index is 0.652. The monoisotopic (exact) mass is 123 g/mol. The minimum Gasteiger partial charge on any atom is -0.446 e. The van der Waals surface area contributed by atoms with E-state index in [-0.39, 0.29) is 0 Å². The predicted molar refractivity (Wildman–Crippen MR) is 33.2 cm³/mol. The molecule has 0 N–H and O–H groups in total. The number of aromatic nitrogens is 1. The Hall–Kier alpha value is -0.790. The third kappa shape index (κ3) is 0.846. The third-order valence-electron chi connectivity index (χ3n) is 1.57. The lowest BCUT2D eigenvalue weighted by atomic mass is 10.4. The van der Waals surface area contributed by atoms with Gasteiger partial charge in [-0.2, -0.15) is 0 Å². The van der Waals surface area contributed by atoms with Crippen LogP contribution in [-0.2, 0) is 0 Å². The maximum Gasteiger partial charge on any atom is 0.197 e. The van der Waals surface area contributed by atoms with E-state index in [1.807, 2.05) is 6.92 Å². The van der Waals surface area contributed by atoms with Gasteiger partial charge in [-0.05, 0) is 19.8 Å². The standard InChI is InChI=1S/C7H9NO/c1-5-4-8-7(9-5)6-2-3-6/h4,6H,2-3H2,1H3. The van der Waals surface area contributed by atoms with Gasteiger partial charge < -0.3 is 4.42 Å². The largest absolute Gasteiger partial charge is 0.446 e. The summed E-state index contributed by atoms with van der Waals surface area (Å²) < 4.78 is 5.30. The molecule has 9 heavy (non-hydrogen) atoms. The van der Waals surface area contributed by atoms with Crippen LogP contribution in [0.5, 0.6) is 0 Å². The number of aryl methyl sites for hydroxylation is 1. The summed E-state index contributed by atoms with van der Waals surface area (Å²) in [6.45, 7) is 1.93. The smallest absolute Gasteiger partial charge is 0.197 e. The summed E-state index contributed by atoms with van der Waals surface area (Å²) in [5.41, 5.74) is 0. The zero-order valence-corrected chi connectivity index (χ0v) is 5.42. The van der Waals surface area contributed by atoms with Gasteiger partial charge in [0.1, 0.15) is 5.76 Å². The number of hydrogen-bond acceptors (Lipinski definition) is 2. The molecule has 1 saturated carbocycles. The Morgan fingerprint density at radius 1 is 1.67 bits per heavy atom. The third-order valence-corrected chi connectivity index (χ3v) is 1.57. The summed E-state index contributed by atoms with van der Waals surface area (Å²) in [5, 5.41) is 0. The first-order valence-electron chi connectivity index (χ1n) is 3.28. The van der Waals surface area contributed by atoms with Crippen LogP contribution in [0.4, 0.5) is 0 Å². The molecule has 1 aromatic rings. The Morgan fingerprint density at radius 3 is 2.89 bits per heavy atom. The topological polar surface area (TPSA) is 26.0 Å². The first-order valence-corrected chi connectivity index (χ1v) is 3.28. The molecule has 2 nitrogen and oxygen atoms in total. The molecule has 0 spiro atoms. The maximum atomic E-state index is 5.30. The van der Waals surface area contributed by atoms with E-state index >= 15 is 0 Å². The van der Waals surface area contributed by atoms with Crippen molar-refractivity contribution < 1.29 is 4.42 Å². The molecule has 2 rings (SSSR count). The molecule has 48 valence electrons. The molecule has 1 heterocycles. The van der Waals surface area contributed by atoms with Crippen molar-refractivity contribution in [3.8, 4) is 0 Å². The van der Waals surface area contributed by atoms with Crippen LogP contribution in [0.2, 0.25) is 0 Å².